The second-order valence-electron chi connectivity index (χ2n) is 16.8. The number of H-pyrrole nitrogens is 2. The Bertz CT molecular complexity index is 2250. The van der Waals surface area contributed by atoms with E-state index in [1.165, 1.54) is 14.2 Å². The van der Waals surface area contributed by atoms with Crippen LogP contribution < -0.4 is 20.1 Å². The number of aromatic amines is 2. The highest BCUT2D eigenvalue weighted by Crippen LogP contribution is 2.46. The van der Waals surface area contributed by atoms with Gasteiger partial charge in [0, 0.05) is 38.4 Å². The van der Waals surface area contributed by atoms with Gasteiger partial charge in [-0.2, -0.15) is 0 Å². The number of nitrogens with zero attached hydrogens (tertiary/aromatic N) is 4. The van der Waals surface area contributed by atoms with Gasteiger partial charge in [-0.3, -0.25) is 9.59 Å². The molecule has 0 saturated carbocycles. The topological polar surface area (TPSA) is 212 Å². The van der Waals surface area contributed by atoms with Crippen molar-refractivity contribution in [1.29, 1.82) is 0 Å². The first-order valence-electron chi connectivity index (χ1n) is 22.9. The Morgan fingerprint density at radius 2 is 1.08 bits per heavy atom. The van der Waals surface area contributed by atoms with E-state index < -0.39 is 24.3 Å². The second-order valence-corrected chi connectivity index (χ2v) is 16.8. The fraction of sp³-hybridized carbons (Fsp3) is 0.542. The number of hydrogen-bond donors (Lipinski definition) is 4. The first kappa shape index (κ1) is 49.3. The summed E-state index contributed by atoms with van der Waals surface area (Å²) in [6, 6.07) is 9.93. The standard InChI is InChI=1S/C48H66N8O10/c1-9-29(3)39(53-47(59)63-7)45(57)55-21-11-13-37(55)43-49-27-35(51-43)32-17-15-31(16-18-32)33-19-20-34(42(66-26-24-62-6)41(33)65-25-23-61-5)36-28-50-44(52-36)38-14-12-22-56(38)46(58)40(30(4)10-2)54-48(60)64-8/h15-20,27-30,37-40H,9-14,21-26H2,1-8H3,(H,49,51)(H,50,52)(H,53,59)(H,54,60)/t29-,30-,37-,38-,39?,40-/m0/s1. The molecule has 0 aliphatic carbocycles. The molecule has 4 amide bonds. The lowest BCUT2D eigenvalue weighted by Gasteiger charge is -2.30. The van der Waals surface area contributed by atoms with Crippen LogP contribution in [0.15, 0.2) is 48.8 Å². The normalized spacial score (nSPS) is 17.8. The van der Waals surface area contributed by atoms with Crippen molar-refractivity contribution in [3.05, 3.63) is 60.4 Å². The number of benzene rings is 2. The highest BCUT2D eigenvalue weighted by molar-refractivity contribution is 5.88. The fourth-order valence-corrected chi connectivity index (χ4v) is 8.59. The maximum atomic E-state index is 14.0. The van der Waals surface area contributed by atoms with Gasteiger partial charge in [0.25, 0.3) is 0 Å². The molecule has 6 rings (SSSR count). The molecule has 358 valence electrons. The quantitative estimate of drug-likeness (QED) is 0.0620. The van der Waals surface area contributed by atoms with Crippen LogP contribution in [0.3, 0.4) is 0 Å². The van der Waals surface area contributed by atoms with E-state index in [0.717, 1.165) is 41.6 Å². The number of rotatable bonds is 21. The third-order valence-corrected chi connectivity index (χ3v) is 12.7. The van der Waals surface area contributed by atoms with Crippen LogP contribution in [0.4, 0.5) is 9.59 Å². The molecule has 66 heavy (non-hydrogen) atoms. The first-order chi connectivity index (χ1) is 32.0. The molecule has 0 bridgehead atoms. The first-order valence-corrected chi connectivity index (χ1v) is 22.9. The van der Waals surface area contributed by atoms with Crippen molar-refractivity contribution >= 4 is 24.0 Å². The number of amides is 4. The van der Waals surface area contributed by atoms with Gasteiger partial charge in [-0.1, -0.05) is 64.8 Å². The van der Waals surface area contributed by atoms with Gasteiger partial charge in [0.05, 0.1) is 63.3 Å². The van der Waals surface area contributed by atoms with Gasteiger partial charge in [0.2, 0.25) is 11.8 Å². The van der Waals surface area contributed by atoms with Crippen LogP contribution in [0, 0.1) is 11.8 Å². The van der Waals surface area contributed by atoms with E-state index >= 15 is 0 Å². The number of alkyl carbamates (subject to hydrolysis) is 2. The van der Waals surface area contributed by atoms with Crippen molar-refractivity contribution in [2.45, 2.75) is 90.4 Å². The smallest absolute Gasteiger partial charge is 0.407 e. The Morgan fingerprint density at radius 3 is 1.55 bits per heavy atom. The maximum Gasteiger partial charge on any atom is 0.407 e. The van der Waals surface area contributed by atoms with Gasteiger partial charge in [-0.05, 0) is 60.8 Å². The van der Waals surface area contributed by atoms with Gasteiger partial charge in [-0.25, -0.2) is 19.6 Å². The van der Waals surface area contributed by atoms with E-state index in [2.05, 4.69) is 20.6 Å². The summed E-state index contributed by atoms with van der Waals surface area (Å²) in [4.78, 5) is 72.4. The van der Waals surface area contributed by atoms with E-state index in [-0.39, 0.29) is 48.9 Å². The number of ether oxygens (including phenoxy) is 6. The number of carbonyl (C=O) groups excluding carboxylic acids is 4. The zero-order valence-electron chi connectivity index (χ0n) is 39.4. The summed E-state index contributed by atoms with van der Waals surface area (Å²) in [5, 5.41) is 5.50. The Hall–Kier alpha value is -6.14. The molecule has 2 aromatic carbocycles. The SMILES string of the molecule is CC[C@H](C)C(NC(=O)OC)C(=O)N1CCC[C@H]1c1ncc(-c2ccc(-c3ccc(-c4cnc([C@@H]5CCCN5C(=O)[C@@H](NC(=O)OC)[C@@H](C)CC)[nH]4)c(OCCOC)c3OCCOC)cc2)[nH]1. The minimum absolute atomic E-state index is 0.0868. The molecule has 2 aliphatic heterocycles. The van der Waals surface area contributed by atoms with Crippen LogP contribution in [0.2, 0.25) is 0 Å². The van der Waals surface area contributed by atoms with E-state index in [9.17, 15) is 19.2 Å². The Balaban J connectivity index is 1.28. The molecule has 6 atom stereocenters. The number of hydrogen-bond acceptors (Lipinski definition) is 12. The van der Waals surface area contributed by atoms with E-state index in [0.29, 0.717) is 80.0 Å². The summed E-state index contributed by atoms with van der Waals surface area (Å²) in [7, 11) is 5.80. The molecule has 1 unspecified atom stereocenters. The zero-order chi connectivity index (χ0) is 47.3. The average molecular weight is 915 g/mol. The number of carbonyl (C=O) groups is 4. The molecule has 0 spiro atoms. The van der Waals surface area contributed by atoms with Gasteiger partial charge in [0.1, 0.15) is 36.9 Å². The van der Waals surface area contributed by atoms with Crippen LogP contribution >= 0.6 is 0 Å². The number of likely N-dealkylation sites (tertiary alicyclic amines) is 2. The third kappa shape index (κ3) is 11.3. The fourth-order valence-electron chi connectivity index (χ4n) is 8.59. The van der Waals surface area contributed by atoms with Gasteiger partial charge in [-0.15, -0.1) is 0 Å². The number of aromatic nitrogens is 4. The molecule has 2 fully saturated rings. The minimum atomic E-state index is -0.740. The third-order valence-electron chi connectivity index (χ3n) is 12.7. The van der Waals surface area contributed by atoms with Crippen molar-refractivity contribution < 1.29 is 47.6 Å². The van der Waals surface area contributed by atoms with Gasteiger partial charge < -0.3 is 58.8 Å². The lowest BCUT2D eigenvalue weighted by molar-refractivity contribution is -0.136. The number of nitrogens with one attached hydrogen (secondary N) is 4. The van der Waals surface area contributed by atoms with Gasteiger partial charge >= 0.3 is 12.2 Å². The molecule has 4 heterocycles. The average Bonchev–Trinajstić information content (AvgIpc) is 4.19. The van der Waals surface area contributed by atoms with E-state index in [1.807, 2.05) is 69.0 Å². The van der Waals surface area contributed by atoms with Crippen molar-refractivity contribution in [3.8, 4) is 45.1 Å². The predicted octanol–water partition coefficient (Wildman–Crippen LogP) is 7.05. The van der Waals surface area contributed by atoms with Crippen LogP contribution in [0.5, 0.6) is 11.5 Å². The lowest BCUT2D eigenvalue weighted by atomic mass is 9.97. The Kier molecular flexibility index (Phi) is 17.4. The molecule has 2 aliphatic rings. The van der Waals surface area contributed by atoms with E-state index in [1.54, 1.807) is 31.5 Å². The Labute approximate surface area is 386 Å². The highest BCUT2D eigenvalue weighted by Gasteiger charge is 2.40. The van der Waals surface area contributed by atoms with Crippen molar-refractivity contribution in [2.24, 2.45) is 11.8 Å². The summed E-state index contributed by atoms with van der Waals surface area (Å²) >= 11 is 0. The molecular weight excluding hydrogens is 849 g/mol. The lowest BCUT2D eigenvalue weighted by Crippen LogP contribution is -2.51. The maximum absolute atomic E-state index is 14.0. The van der Waals surface area contributed by atoms with Crippen LogP contribution in [0.1, 0.15) is 90.0 Å². The minimum Gasteiger partial charge on any atom is -0.487 e. The second kappa shape index (κ2) is 23.4. The zero-order valence-corrected chi connectivity index (χ0v) is 39.4. The summed E-state index contributed by atoms with van der Waals surface area (Å²) in [5.74, 6) is 1.79. The van der Waals surface area contributed by atoms with Crippen LogP contribution in [-0.2, 0) is 28.5 Å². The van der Waals surface area contributed by atoms with Crippen molar-refractivity contribution in [2.75, 3.05) is 68.0 Å². The van der Waals surface area contributed by atoms with Crippen LogP contribution in [-0.4, -0.2) is 134 Å². The predicted molar refractivity (Wildman–Crippen MR) is 247 cm³/mol. The molecule has 18 heteroatoms. The Morgan fingerprint density at radius 1 is 0.636 bits per heavy atom. The molecule has 4 N–H and O–H groups in total. The molecule has 2 aromatic heterocycles. The monoisotopic (exact) mass is 914 g/mol. The summed E-state index contributed by atoms with van der Waals surface area (Å²) in [6.07, 6.45) is 6.69. The summed E-state index contributed by atoms with van der Waals surface area (Å²) < 4.78 is 33.4. The molecule has 0 radical (unpaired) electrons. The van der Waals surface area contributed by atoms with Crippen LogP contribution in [0.25, 0.3) is 33.6 Å². The molecular formula is C48H66N8O10. The van der Waals surface area contributed by atoms with Crippen molar-refractivity contribution in [3.63, 3.8) is 0 Å². The molecule has 18 nitrogen and oxygen atoms in total. The van der Waals surface area contributed by atoms with Crippen molar-refractivity contribution in [1.82, 2.24) is 40.4 Å². The number of methoxy groups -OCH3 is 4. The molecule has 4 aromatic rings. The molecule has 2 saturated heterocycles. The summed E-state index contributed by atoms with van der Waals surface area (Å²) in [6.45, 7) is 10.1. The largest absolute Gasteiger partial charge is 0.487 e. The highest BCUT2D eigenvalue weighted by atomic mass is 16.6. The van der Waals surface area contributed by atoms with Gasteiger partial charge in [0.15, 0.2) is 11.5 Å². The number of imidazole rings is 2. The van der Waals surface area contributed by atoms with E-state index in [4.69, 9.17) is 38.4 Å². The summed E-state index contributed by atoms with van der Waals surface area (Å²) in [5.41, 5.74) is 4.74.